The number of nitrogens with zero attached hydrogens (tertiary/aromatic N) is 1. The van der Waals surface area contributed by atoms with Crippen LogP contribution in [0.25, 0.3) is 0 Å². The number of nitrogens with one attached hydrogen (secondary N) is 1. The van der Waals surface area contributed by atoms with Gasteiger partial charge in [-0.1, -0.05) is 0 Å². The van der Waals surface area contributed by atoms with Gasteiger partial charge in [0.2, 0.25) is 5.95 Å². The lowest BCUT2D eigenvalue weighted by Gasteiger charge is -2.13. The summed E-state index contributed by atoms with van der Waals surface area (Å²) in [7, 11) is 0. The number of amides is 1. The number of halogens is 1. The van der Waals surface area contributed by atoms with Crippen LogP contribution < -0.4 is 5.32 Å². The van der Waals surface area contributed by atoms with Crippen LogP contribution in [0, 0.1) is 5.95 Å². The minimum Gasteiger partial charge on any atom is -0.481 e. The molecule has 0 fully saturated rings. The van der Waals surface area contributed by atoms with Crippen LogP contribution in [0.1, 0.15) is 23.2 Å². The van der Waals surface area contributed by atoms with Crippen LogP contribution in [0.5, 0.6) is 0 Å². The summed E-state index contributed by atoms with van der Waals surface area (Å²) in [5.41, 5.74) is -0.0888. The summed E-state index contributed by atoms with van der Waals surface area (Å²) in [5.74, 6) is -4.20. The molecule has 1 atom stereocenters. The molecule has 0 bridgehead atoms. The van der Waals surface area contributed by atoms with Crippen molar-refractivity contribution in [2.75, 3.05) is 0 Å². The van der Waals surface area contributed by atoms with Gasteiger partial charge in [0.15, 0.2) is 0 Å². The van der Waals surface area contributed by atoms with E-state index in [1.54, 1.807) is 0 Å². The lowest BCUT2D eigenvalue weighted by Crippen LogP contribution is -2.41. The first-order valence-electron chi connectivity index (χ1n) is 5.27. The van der Waals surface area contributed by atoms with Crippen LogP contribution in [-0.4, -0.2) is 39.1 Å². The second-order valence-electron chi connectivity index (χ2n) is 3.66. The number of pyridine rings is 1. The molecule has 7 nitrogen and oxygen atoms in total. The number of rotatable bonds is 6. The number of aliphatic carboxylic acids is 2. The van der Waals surface area contributed by atoms with Gasteiger partial charge >= 0.3 is 11.9 Å². The molecule has 0 aliphatic rings. The SMILES string of the molecule is O=C(O)CC[C@H](NC(=O)c1ccnc(F)c1)C(=O)O. The van der Waals surface area contributed by atoms with E-state index in [0.29, 0.717) is 0 Å². The van der Waals surface area contributed by atoms with Gasteiger partial charge in [0.05, 0.1) is 0 Å². The molecule has 1 aromatic rings. The fraction of sp³-hybridized carbons (Fsp3) is 0.273. The Labute approximate surface area is 107 Å². The summed E-state index contributed by atoms with van der Waals surface area (Å²) in [5, 5.41) is 19.4. The Hall–Kier alpha value is -2.51. The maximum absolute atomic E-state index is 12.8. The highest BCUT2D eigenvalue weighted by atomic mass is 19.1. The second kappa shape index (κ2) is 6.43. The van der Waals surface area contributed by atoms with Crippen LogP contribution in [0.2, 0.25) is 0 Å². The minimum absolute atomic E-state index is 0.0888. The van der Waals surface area contributed by atoms with Crippen molar-refractivity contribution < 1.29 is 29.0 Å². The third-order valence-electron chi connectivity index (χ3n) is 2.24. The fourth-order valence-electron chi connectivity index (χ4n) is 1.31. The highest BCUT2D eigenvalue weighted by Gasteiger charge is 2.21. The second-order valence-corrected chi connectivity index (χ2v) is 3.66. The molecular formula is C11H11FN2O5. The van der Waals surface area contributed by atoms with Gasteiger partial charge in [-0.3, -0.25) is 9.59 Å². The Bertz CT molecular complexity index is 506. The first-order valence-corrected chi connectivity index (χ1v) is 5.27. The van der Waals surface area contributed by atoms with Gasteiger partial charge in [-0.15, -0.1) is 0 Å². The van der Waals surface area contributed by atoms with Gasteiger partial charge in [0, 0.05) is 24.2 Å². The Morgan fingerprint density at radius 1 is 1.37 bits per heavy atom. The molecule has 3 N–H and O–H groups in total. The minimum atomic E-state index is -1.36. The average molecular weight is 270 g/mol. The van der Waals surface area contributed by atoms with E-state index in [1.165, 1.54) is 6.07 Å². The molecule has 8 heteroatoms. The number of carbonyl (C=O) groups is 3. The van der Waals surface area contributed by atoms with E-state index in [0.717, 1.165) is 12.3 Å². The molecule has 1 heterocycles. The third kappa shape index (κ3) is 4.70. The van der Waals surface area contributed by atoms with Crippen molar-refractivity contribution in [1.82, 2.24) is 10.3 Å². The predicted octanol–water partition coefficient (Wildman–Crippen LogP) is 0.268. The van der Waals surface area contributed by atoms with Gasteiger partial charge in [0.25, 0.3) is 5.91 Å². The molecule has 0 aliphatic heterocycles. The number of hydrogen-bond acceptors (Lipinski definition) is 4. The van der Waals surface area contributed by atoms with Gasteiger partial charge in [-0.2, -0.15) is 4.39 Å². The smallest absolute Gasteiger partial charge is 0.326 e. The van der Waals surface area contributed by atoms with Crippen LogP contribution >= 0.6 is 0 Å². The molecule has 0 aliphatic carbocycles. The normalized spacial score (nSPS) is 11.6. The molecule has 19 heavy (non-hydrogen) atoms. The van der Waals surface area contributed by atoms with Crippen LogP contribution in [0.4, 0.5) is 4.39 Å². The quantitative estimate of drug-likeness (QED) is 0.639. The topological polar surface area (TPSA) is 117 Å². The Balaban J connectivity index is 2.71. The van der Waals surface area contributed by atoms with Crippen molar-refractivity contribution in [3.05, 3.63) is 29.8 Å². The van der Waals surface area contributed by atoms with Gasteiger partial charge in [0.1, 0.15) is 6.04 Å². The lowest BCUT2D eigenvalue weighted by atomic mass is 10.1. The predicted molar refractivity (Wildman–Crippen MR) is 60.0 cm³/mol. The van der Waals surface area contributed by atoms with Crippen LogP contribution in [0.3, 0.4) is 0 Å². The zero-order valence-electron chi connectivity index (χ0n) is 9.67. The largest absolute Gasteiger partial charge is 0.481 e. The molecule has 0 saturated heterocycles. The Kier molecular flexibility index (Phi) is 4.92. The van der Waals surface area contributed by atoms with Crippen LogP contribution in [-0.2, 0) is 9.59 Å². The average Bonchev–Trinajstić information content (AvgIpc) is 2.33. The van der Waals surface area contributed by atoms with Gasteiger partial charge in [-0.25, -0.2) is 9.78 Å². The van der Waals surface area contributed by atoms with E-state index in [-0.39, 0.29) is 12.0 Å². The molecule has 0 unspecified atom stereocenters. The zero-order valence-corrected chi connectivity index (χ0v) is 9.67. The zero-order chi connectivity index (χ0) is 14.4. The van der Waals surface area contributed by atoms with E-state index in [4.69, 9.17) is 10.2 Å². The first-order chi connectivity index (χ1) is 8.90. The molecular weight excluding hydrogens is 259 g/mol. The van der Waals surface area contributed by atoms with E-state index in [1.807, 2.05) is 0 Å². The standard InChI is InChI=1S/C11H11FN2O5/c12-8-5-6(3-4-13-8)10(17)14-7(11(18)19)1-2-9(15)16/h3-5,7H,1-2H2,(H,14,17)(H,15,16)(H,18,19)/t7-/m0/s1. The molecule has 1 amide bonds. The van der Waals surface area contributed by atoms with Crippen molar-refractivity contribution in [3.63, 3.8) is 0 Å². The van der Waals surface area contributed by atoms with Gasteiger partial charge < -0.3 is 15.5 Å². The number of hydrogen-bond donors (Lipinski definition) is 3. The van der Waals surface area contributed by atoms with Gasteiger partial charge in [-0.05, 0) is 12.5 Å². The summed E-state index contributed by atoms with van der Waals surface area (Å²) in [6.45, 7) is 0. The summed E-state index contributed by atoms with van der Waals surface area (Å²) in [4.78, 5) is 36.1. The first kappa shape index (κ1) is 14.6. The van der Waals surface area contributed by atoms with E-state index in [2.05, 4.69) is 10.3 Å². The monoisotopic (exact) mass is 270 g/mol. The van der Waals surface area contributed by atoms with E-state index < -0.39 is 36.3 Å². The Morgan fingerprint density at radius 2 is 2.05 bits per heavy atom. The Morgan fingerprint density at radius 3 is 2.58 bits per heavy atom. The van der Waals surface area contributed by atoms with Crippen molar-refractivity contribution >= 4 is 17.8 Å². The third-order valence-corrected chi connectivity index (χ3v) is 2.24. The van der Waals surface area contributed by atoms with E-state index >= 15 is 0 Å². The molecule has 1 aromatic heterocycles. The summed E-state index contributed by atoms with van der Waals surface area (Å²) in [6.07, 6.45) is 0.406. The molecule has 1 rings (SSSR count). The lowest BCUT2D eigenvalue weighted by molar-refractivity contribution is -0.140. The van der Waals surface area contributed by atoms with Crippen molar-refractivity contribution in [2.24, 2.45) is 0 Å². The molecule has 0 spiro atoms. The molecule has 102 valence electrons. The van der Waals surface area contributed by atoms with Crippen molar-refractivity contribution in [1.29, 1.82) is 0 Å². The summed E-state index contributed by atoms with van der Waals surface area (Å²) in [6, 6.07) is 0.722. The van der Waals surface area contributed by atoms with Crippen molar-refractivity contribution in [3.8, 4) is 0 Å². The summed E-state index contributed by atoms with van der Waals surface area (Å²) >= 11 is 0. The molecule has 0 radical (unpaired) electrons. The number of carboxylic acids is 2. The summed E-state index contributed by atoms with van der Waals surface area (Å²) < 4.78 is 12.8. The van der Waals surface area contributed by atoms with Crippen molar-refractivity contribution in [2.45, 2.75) is 18.9 Å². The van der Waals surface area contributed by atoms with Crippen LogP contribution in [0.15, 0.2) is 18.3 Å². The number of aromatic nitrogens is 1. The highest BCUT2D eigenvalue weighted by molar-refractivity contribution is 5.96. The fourth-order valence-corrected chi connectivity index (χ4v) is 1.31. The maximum Gasteiger partial charge on any atom is 0.326 e. The highest BCUT2D eigenvalue weighted by Crippen LogP contribution is 2.03. The number of carbonyl (C=O) groups excluding carboxylic acids is 1. The molecule has 0 aromatic carbocycles. The van der Waals surface area contributed by atoms with E-state index in [9.17, 15) is 18.8 Å². The molecule has 0 saturated carbocycles. The maximum atomic E-state index is 12.8. The number of carboxylic acid groups (broad SMARTS) is 2.